The van der Waals surface area contributed by atoms with Gasteiger partial charge in [-0.1, -0.05) is 0 Å². The van der Waals surface area contributed by atoms with Crippen molar-refractivity contribution in [2.75, 3.05) is 39.3 Å². The molecular formula is C10H18N2O8Zn+2. The van der Waals surface area contributed by atoms with Gasteiger partial charge < -0.3 is 20.4 Å². The van der Waals surface area contributed by atoms with Gasteiger partial charge in [0.2, 0.25) is 0 Å². The van der Waals surface area contributed by atoms with Crippen molar-refractivity contribution in [3.63, 3.8) is 0 Å². The quantitative estimate of drug-likeness (QED) is 0.309. The van der Waals surface area contributed by atoms with Crippen LogP contribution in [0.4, 0.5) is 0 Å². The summed E-state index contributed by atoms with van der Waals surface area (Å²) in [7, 11) is 0. The normalized spacial score (nSPS) is 10.2. The van der Waals surface area contributed by atoms with Crippen molar-refractivity contribution < 1.29 is 61.9 Å². The van der Waals surface area contributed by atoms with Crippen LogP contribution in [0.25, 0.3) is 0 Å². The summed E-state index contributed by atoms with van der Waals surface area (Å²) in [6.07, 6.45) is 0. The van der Waals surface area contributed by atoms with Gasteiger partial charge in [-0.3, -0.25) is 29.0 Å². The van der Waals surface area contributed by atoms with Crippen molar-refractivity contribution in [3.05, 3.63) is 0 Å². The molecule has 0 fully saturated rings. The van der Waals surface area contributed by atoms with E-state index in [2.05, 4.69) is 0 Å². The van der Waals surface area contributed by atoms with Crippen LogP contribution >= 0.6 is 0 Å². The van der Waals surface area contributed by atoms with Crippen LogP contribution in [-0.4, -0.2) is 93.4 Å². The largest absolute Gasteiger partial charge is 1.00 e. The first-order valence-electron chi connectivity index (χ1n) is 5.52. The first kappa shape index (κ1) is 21.7. The maximum absolute atomic E-state index is 10.6. The van der Waals surface area contributed by atoms with Gasteiger partial charge in [-0.05, 0) is 0 Å². The smallest absolute Gasteiger partial charge is 0.480 e. The van der Waals surface area contributed by atoms with E-state index in [1.54, 1.807) is 0 Å². The van der Waals surface area contributed by atoms with Gasteiger partial charge in [-0.25, -0.2) is 0 Å². The molecule has 0 radical (unpaired) electrons. The van der Waals surface area contributed by atoms with Crippen molar-refractivity contribution in [3.8, 4) is 0 Å². The average molecular weight is 360 g/mol. The van der Waals surface area contributed by atoms with E-state index in [1.807, 2.05) is 0 Å². The van der Waals surface area contributed by atoms with Crippen LogP contribution in [-0.2, 0) is 38.7 Å². The number of hydrogen-bond donors (Lipinski definition) is 4. The van der Waals surface area contributed by atoms with Gasteiger partial charge in [-0.15, -0.1) is 0 Å². The molecule has 0 saturated carbocycles. The topological polar surface area (TPSA) is 156 Å². The third kappa shape index (κ3) is 13.2. The monoisotopic (exact) mass is 358 g/mol. The van der Waals surface area contributed by atoms with E-state index in [0.717, 1.165) is 9.80 Å². The molecule has 0 rings (SSSR count). The Kier molecular flexibility index (Phi) is 11.5. The Bertz CT molecular complexity index is 331. The summed E-state index contributed by atoms with van der Waals surface area (Å²) in [5, 5.41) is 34.5. The number of carbonyl (C=O) groups is 4. The number of nitrogens with zero attached hydrogens (tertiary/aromatic N) is 2. The van der Waals surface area contributed by atoms with Crippen molar-refractivity contribution >= 4 is 23.9 Å². The van der Waals surface area contributed by atoms with E-state index in [9.17, 15) is 19.2 Å². The third-order valence-corrected chi connectivity index (χ3v) is 2.17. The van der Waals surface area contributed by atoms with E-state index in [4.69, 9.17) is 20.4 Å². The van der Waals surface area contributed by atoms with Gasteiger partial charge >= 0.3 is 26.7 Å². The molecule has 0 bridgehead atoms. The van der Waals surface area contributed by atoms with Crippen molar-refractivity contribution in [1.29, 1.82) is 0 Å². The van der Waals surface area contributed by atoms with Crippen LogP contribution in [0.5, 0.6) is 0 Å². The molecule has 116 valence electrons. The van der Waals surface area contributed by atoms with E-state index >= 15 is 0 Å². The molecule has 0 aromatic carbocycles. The minimum Gasteiger partial charge on any atom is -0.480 e. The van der Waals surface area contributed by atoms with Gasteiger partial charge in [0.1, 0.15) is 0 Å². The molecular weight excluding hydrogens is 342 g/mol. The summed E-state index contributed by atoms with van der Waals surface area (Å²) in [5.74, 6) is -4.91. The number of aliphatic carboxylic acids is 4. The second kappa shape index (κ2) is 11.1. The molecule has 21 heavy (non-hydrogen) atoms. The molecule has 0 saturated heterocycles. The summed E-state index contributed by atoms with van der Waals surface area (Å²) in [4.78, 5) is 44.4. The van der Waals surface area contributed by atoms with Crippen LogP contribution in [0.2, 0.25) is 0 Å². The number of rotatable bonds is 11. The molecule has 0 atom stereocenters. The fourth-order valence-electron chi connectivity index (χ4n) is 1.48. The van der Waals surface area contributed by atoms with Gasteiger partial charge in [0.15, 0.2) is 0 Å². The van der Waals surface area contributed by atoms with E-state index in [1.165, 1.54) is 0 Å². The minimum atomic E-state index is -1.23. The summed E-state index contributed by atoms with van der Waals surface area (Å²) in [5.41, 5.74) is 0. The molecule has 0 unspecified atom stereocenters. The Morgan fingerprint density at radius 1 is 0.619 bits per heavy atom. The van der Waals surface area contributed by atoms with Crippen LogP contribution in [0.15, 0.2) is 0 Å². The van der Waals surface area contributed by atoms with E-state index in [-0.39, 0.29) is 35.4 Å². The van der Waals surface area contributed by atoms with Crippen molar-refractivity contribution in [1.82, 2.24) is 9.80 Å². The number of carboxylic acids is 4. The fraction of sp³-hybridized carbons (Fsp3) is 0.600. The first-order chi connectivity index (χ1) is 9.20. The minimum absolute atomic E-state index is 0. The van der Waals surface area contributed by atoms with Crippen LogP contribution in [0, 0.1) is 0 Å². The summed E-state index contributed by atoms with van der Waals surface area (Å²) < 4.78 is 0. The average Bonchev–Trinajstić information content (AvgIpc) is 2.22. The number of carboxylic acid groups (broad SMARTS) is 4. The molecule has 11 heteroatoms. The summed E-state index contributed by atoms with van der Waals surface area (Å²) in [6.45, 7) is -2.25. The van der Waals surface area contributed by atoms with Gasteiger partial charge in [-0.2, -0.15) is 0 Å². The zero-order chi connectivity index (χ0) is 15.7. The van der Waals surface area contributed by atoms with E-state index < -0.39 is 50.1 Å². The molecule has 0 aliphatic heterocycles. The zero-order valence-electron chi connectivity index (χ0n) is 13.3. The van der Waals surface area contributed by atoms with Crippen molar-refractivity contribution in [2.45, 2.75) is 0 Å². The molecule has 0 amide bonds. The predicted molar refractivity (Wildman–Crippen MR) is 65.6 cm³/mol. The van der Waals surface area contributed by atoms with Gasteiger partial charge in [0, 0.05) is 32.6 Å². The Hall–Kier alpha value is -1.58. The summed E-state index contributed by atoms with van der Waals surface area (Å²) in [6, 6.07) is 0. The Labute approximate surface area is 135 Å². The fourth-order valence-corrected chi connectivity index (χ4v) is 1.48. The van der Waals surface area contributed by atoms with Gasteiger partial charge in [0.25, 0.3) is 0 Å². The molecule has 4 N–H and O–H groups in total. The first-order valence-corrected chi connectivity index (χ1v) is 5.52. The molecule has 0 heterocycles. The molecule has 0 aliphatic carbocycles. The third-order valence-electron chi connectivity index (χ3n) is 2.17. The second-order valence-electron chi connectivity index (χ2n) is 4.00. The standard InChI is InChI=1S/C10H16N2O8.Zn/c13-7(14)3-11(4-8(15)16)1-2-12(5-9(17)18)6-10(19)20;/h1-6H2,(H,13,14)(H,15,16)(H,17,18)(H,19,20);/p+2. The maximum Gasteiger partial charge on any atom is 1.00 e. The van der Waals surface area contributed by atoms with Crippen molar-refractivity contribution in [2.24, 2.45) is 0 Å². The molecule has 0 aromatic heterocycles. The number of hydrogen-bond acceptors (Lipinski definition) is 6. The molecule has 0 aliphatic rings. The SMILES string of the molecule is O=C(O)CN(CCN(CC(=O)O)CC(=O)O)CC(=O)O.[H+].[H+].[Zn]. The van der Waals surface area contributed by atoms with Crippen LogP contribution in [0.3, 0.4) is 0 Å². The van der Waals surface area contributed by atoms with E-state index in [0.29, 0.717) is 0 Å². The maximum atomic E-state index is 10.6. The molecule has 0 aromatic rings. The Morgan fingerprint density at radius 3 is 0.952 bits per heavy atom. The predicted octanol–water partition coefficient (Wildman–Crippen LogP) is -1.85. The van der Waals surface area contributed by atoms with Crippen LogP contribution in [0.1, 0.15) is 2.85 Å². The Morgan fingerprint density at radius 2 is 0.810 bits per heavy atom. The van der Waals surface area contributed by atoms with Crippen LogP contribution < -0.4 is 0 Å². The Balaban J connectivity index is -0.000000602. The second-order valence-corrected chi connectivity index (χ2v) is 4.00. The zero-order valence-corrected chi connectivity index (χ0v) is 14.2. The molecule has 0 spiro atoms. The summed E-state index contributed by atoms with van der Waals surface area (Å²) >= 11 is 0. The van der Waals surface area contributed by atoms with Gasteiger partial charge in [0.05, 0.1) is 26.2 Å². The molecule has 10 nitrogen and oxygen atoms in total.